The molecule has 0 saturated carbocycles. The van der Waals surface area contributed by atoms with E-state index in [9.17, 15) is 0 Å². The van der Waals surface area contributed by atoms with Crippen molar-refractivity contribution < 1.29 is 4.52 Å². The Morgan fingerprint density at radius 3 is 3.06 bits per heavy atom. The zero-order chi connectivity index (χ0) is 11.4. The Bertz CT molecular complexity index is 323. The van der Waals surface area contributed by atoms with Crippen LogP contribution in [-0.4, -0.2) is 27.7 Å². The van der Waals surface area contributed by atoms with E-state index in [2.05, 4.69) is 22.4 Å². The van der Waals surface area contributed by atoms with E-state index < -0.39 is 0 Å². The molecule has 0 amide bonds. The third kappa shape index (κ3) is 2.98. The maximum atomic E-state index is 5.03. The summed E-state index contributed by atoms with van der Waals surface area (Å²) < 4.78 is 5.03. The number of aryl methyl sites for hydroxylation is 1. The molecule has 0 aliphatic carbocycles. The average Bonchev–Trinajstić information content (AvgIpc) is 2.74. The van der Waals surface area contributed by atoms with E-state index in [0.717, 1.165) is 12.2 Å². The minimum Gasteiger partial charge on any atom is -0.340 e. The standard InChI is InChI=1S/C11H19N3OS/c1-3-10(11-12-8(2)15-14-11)13-9-5-4-6-16-7-9/h9-10,13H,3-7H2,1-2H3/t9-,10-/m1/s1. The maximum Gasteiger partial charge on any atom is 0.223 e. The van der Waals surface area contributed by atoms with Gasteiger partial charge in [0.1, 0.15) is 0 Å². The van der Waals surface area contributed by atoms with Crippen molar-refractivity contribution in [1.82, 2.24) is 15.5 Å². The molecule has 0 spiro atoms. The topological polar surface area (TPSA) is 51.0 Å². The maximum absolute atomic E-state index is 5.03. The van der Waals surface area contributed by atoms with E-state index in [1.807, 2.05) is 18.7 Å². The summed E-state index contributed by atoms with van der Waals surface area (Å²) in [5, 5.41) is 7.63. The first kappa shape index (κ1) is 11.9. The second kappa shape index (κ2) is 5.68. The summed E-state index contributed by atoms with van der Waals surface area (Å²) in [6.07, 6.45) is 3.57. The van der Waals surface area contributed by atoms with E-state index in [-0.39, 0.29) is 6.04 Å². The number of nitrogens with one attached hydrogen (secondary N) is 1. The van der Waals surface area contributed by atoms with Crippen LogP contribution in [-0.2, 0) is 0 Å². The summed E-state index contributed by atoms with van der Waals surface area (Å²) in [5.74, 6) is 3.95. The van der Waals surface area contributed by atoms with Gasteiger partial charge in [0.15, 0.2) is 5.82 Å². The number of hydrogen-bond acceptors (Lipinski definition) is 5. The Balaban J connectivity index is 1.94. The quantitative estimate of drug-likeness (QED) is 0.876. The van der Waals surface area contributed by atoms with Gasteiger partial charge in [0, 0.05) is 18.7 Å². The molecule has 0 aromatic carbocycles. The molecule has 4 nitrogen and oxygen atoms in total. The molecular formula is C11H19N3OS. The monoisotopic (exact) mass is 241 g/mol. The van der Waals surface area contributed by atoms with Crippen LogP contribution in [0.2, 0.25) is 0 Å². The molecule has 16 heavy (non-hydrogen) atoms. The first-order chi connectivity index (χ1) is 7.79. The fourth-order valence-corrected chi connectivity index (χ4v) is 3.07. The van der Waals surface area contributed by atoms with Gasteiger partial charge in [-0.2, -0.15) is 16.7 Å². The zero-order valence-corrected chi connectivity index (χ0v) is 10.7. The molecule has 0 radical (unpaired) electrons. The number of aromatic nitrogens is 2. The second-order valence-electron chi connectivity index (χ2n) is 4.21. The minimum atomic E-state index is 0.237. The fourth-order valence-electron chi connectivity index (χ4n) is 1.99. The van der Waals surface area contributed by atoms with Gasteiger partial charge in [0.05, 0.1) is 6.04 Å². The van der Waals surface area contributed by atoms with E-state index in [0.29, 0.717) is 11.9 Å². The van der Waals surface area contributed by atoms with Gasteiger partial charge in [-0.25, -0.2) is 0 Å². The normalized spacial score (nSPS) is 23.2. The van der Waals surface area contributed by atoms with Crippen LogP contribution in [0.4, 0.5) is 0 Å². The SMILES string of the molecule is CC[C@@H](N[C@@H]1CCCSC1)c1noc(C)n1. The van der Waals surface area contributed by atoms with Gasteiger partial charge in [-0.15, -0.1) is 0 Å². The lowest BCUT2D eigenvalue weighted by Crippen LogP contribution is -2.36. The van der Waals surface area contributed by atoms with Crippen molar-refractivity contribution >= 4 is 11.8 Å². The molecule has 2 heterocycles. The molecule has 1 aliphatic heterocycles. The van der Waals surface area contributed by atoms with E-state index in [1.165, 1.54) is 24.3 Å². The predicted octanol–water partition coefficient (Wildman–Crippen LogP) is 2.31. The minimum absolute atomic E-state index is 0.237. The van der Waals surface area contributed by atoms with Crippen LogP contribution in [0, 0.1) is 6.92 Å². The third-order valence-electron chi connectivity index (χ3n) is 2.86. The van der Waals surface area contributed by atoms with Crippen LogP contribution in [0.3, 0.4) is 0 Å². The Morgan fingerprint density at radius 2 is 2.50 bits per heavy atom. The van der Waals surface area contributed by atoms with Gasteiger partial charge in [0.2, 0.25) is 5.89 Å². The zero-order valence-electron chi connectivity index (χ0n) is 9.90. The fraction of sp³-hybridized carbons (Fsp3) is 0.818. The van der Waals surface area contributed by atoms with Crippen molar-refractivity contribution in [3.05, 3.63) is 11.7 Å². The van der Waals surface area contributed by atoms with Crippen LogP contribution in [0.25, 0.3) is 0 Å². The predicted molar refractivity (Wildman–Crippen MR) is 65.5 cm³/mol. The summed E-state index contributed by atoms with van der Waals surface area (Å²) in [6.45, 7) is 3.99. The van der Waals surface area contributed by atoms with Crippen molar-refractivity contribution in [2.75, 3.05) is 11.5 Å². The second-order valence-corrected chi connectivity index (χ2v) is 5.36. The van der Waals surface area contributed by atoms with Gasteiger partial charge < -0.3 is 9.84 Å². The van der Waals surface area contributed by atoms with E-state index in [4.69, 9.17) is 4.52 Å². The van der Waals surface area contributed by atoms with Gasteiger partial charge in [-0.05, 0) is 25.0 Å². The van der Waals surface area contributed by atoms with Crippen molar-refractivity contribution in [3.63, 3.8) is 0 Å². The Labute approximate surface area is 101 Å². The number of nitrogens with zero attached hydrogens (tertiary/aromatic N) is 2. The van der Waals surface area contributed by atoms with E-state index >= 15 is 0 Å². The highest BCUT2D eigenvalue weighted by Crippen LogP contribution is 2.21. The Hall–Kier alpha value is -0.550. The van der Waals surface area contributed by atoms with Crippen LogP contribution < -0.4 is 5.32 Å². The first-order valence-electron chi connectivity index (χ1n) is 5.93. The molecule has 0 unspecified atom stereocenters. The lowest BCUT2D eigenvalue weighted by Gasteiger charge is -2.26. The lowest BCUT2D eigenvalue weighted by atomic mass is 10.1. The van der Waals surface area contributed by atoms with Gasteiger partial charge in [0.25, 0.3) is 0 Å². The third-order valence-corrected chi connectivity index (χ3v) is 4.08. The van der Waals surface area contributed by atoms with Gasteiger partial charge in [-0.3, -0.25) is 0 Å². The molecule has 1 aromatic rings. The highest BCUT2D eigenvalue weighted by atomic mass is 32.2. The molecule has 1 fully saturated rings. The number of thioether (sulfide) groups is 1. The highest BCUT2D eigenvalue weighted by Gasteiger charge is 2.21. The molecular weight excluding hydrogens is 222 g/mol. The largest absolute Gasteiger partial charge is 0.340 e. The van der Waals surface area contributed by atoms with Crippen molar-refractivity contribution in [1.29, 1.82) is 0 Å². The van der Waals surface area contributed by atoms with Gasteiger partial charge >= 0.3 is 0 Å². The summed E-state index contributed by atoms with van der Waals surface area (Å²) in [7, 11) is 0. The molecule has 1 N–H and O–H groups in total. The lowest BCUT2D eigenvalue weighted by molar-refractivity contribution is 0.362. The van der Waals surface area contributed by atoms with Crippen molar-refractivity contribution in [3.8, 4) is 0 Å². The Morgan fingerprint density at radius 1 is 1.62 bits per heavy atom. The van der Waals surface area contributed by atoms with Crippen molar-refractivity contribution in [2.24, 2.45) is 0 Å². The Kier molecular flexibility index (Phi) is 4.23. The first-order valence-corrected chi connectivity index (χ1v) is 7.09. The average molecular weight is 241 g/mol. The highest BCUT2D eigenvalue weighted by molar-refractivity contribution is 7.99. The summed E-state index contributed by atoms with van der Waals surface area (Å²) in [4.78, 5) is 4.30. The van der Waals surface area contributed by atoms with Crippen LogP contribution in [0.5, 0.6) is 0 Å². The van der Waals surface area contributed by atoms with Crippen LogP contribution in [0.15, 0.2) is 4.52 Å². The number of rotatable bonds is 4. The molecule has 1 saturated heterocycles. The molecule has 0 bridgehead atoms. The summed E-state index contributed by atoms with van der Waals surface area (Å²) in [6, 6.07) is 0.837. The molecule has 5 heteroatoms. The summed E-state index contributed by atoms with van der Waals surface area (Å²) >= 11 is 2.03. The molecule has 90 valence electrons. The smallest absolute Gasteiger partial charge is 0.223 e. The van der Waals surface area contributed by atoms with Gasteiger partial charge in [-0.1, -0.05) is 12.1 Å². The van der Waals surface area contributed by atoms with Crippen molar-refractivity contribution in [2.45, 2.75) is 45.2 Å². The number of hydrogen-bond donors (Lipinski definition) is 1. The molecule has 2 rings (SSSR count). The molecule has 1 aliphatic rings. The van der Waals surface area contributed by atoms with Crippen LogP contribution >= 0.6 is 11.8 Å². The molecule has 1 aromatic heterocycles. The molecule has 2 atom stereocenters. The van der Waals surface area contributed by atoms with Crippen LogP contribution in [0.1, 0.15) is 43.9 Å². The van der Waals surface area contributed by atoms with E-state index in [1.54, 1.807) is 0 Å². The summed E-state index contributed by atoms with van der Waals surface area (Å²) in [5.41, 5.74) is 0.